The fourth-order valence-corrected chi connectivity index (χ4v) is 2.35. The Kier molecular flexibility index (Phi) is 7.12. The Morgan fingerprint density at radius 1 is 1.41 bits per heavy atom. The van der Waals surface area contributed by atoms with Crippen LogP contribution < -0.4 is 10.6 Å². The summed E-state index contributed by atoms with van der Waals surface area (Å²) in [5.74, 6) is -1.68. The molecule has 8 heteroatoms. The summed E-state index contributed by atoms with van der Waals surface area (Å²) in [5, 5.41) is 14.5. The highest BCUT2D eigenvalue weighted by Crippen LogP contribution is 2.19. The number of hydrogen-bond acceptors (Lipinski definition) is 4. The summed E-state index contributed by atoms with van der Waals surface area (Å²) in [6, 6.07) is 3.58. The predicted octanol–water partition coefficient (Wildman–Crippen LogP) is 2.04. The fraction of sp³-hybridized carbons (Fsp3) is 0.429. The number of thioether (sulfide) groups is 1. The molecule has 1 aromatic rings. The number of rotatable bonds is 6. The second-order valence-corrected chi connectivity index (χ2v) is 6.40. The molecule has 0 aliphatic rings. The average molecular weight is 349 g/mol. The molecule has 5 nitrogen and oxygen atoms in total. The van der Waals surface area contributed by atoms with E-state index < -0.39 is 23.2 Å². The summed E-state index contributed by atoms with van der Waals surface area (Å²) in [7, 11) is 0. The third kappa shape index (κ3) is 6.21. The first-order chi connectivity index (χ1) is 10.2. The second kappa shape index (κ2) is 8.36. The maximum atomic E-state index is 13.0. The lowest BCUT2D eigenvalue weighted by Gasteiger charge is -2.23. The molecule has 0 saturated heterocycles. The van der Waals surface area contributed by atoms with Gasteiger partial charge in [0.05, 0.1) is 10.6 Å². The monoisotopic (exact) mass is 348 g/mol. The number of aliphatic hydroxyl groups is 1. The quantitative estimate of drug-likeness (QED) is 0.687. The van der Waals surface area contributed by atoms with Gasteiger partial charge in [0.25, 0.3) is 0 Å². The van der Waals surface area contributed by atoms with Crippen LogP contribution in [0, 0.1) is 5.82 Å². The average Bonchev–Trinajstić information content (AvgIpc) is 2.46. The summed E-state index contributed by atoms with van der Waals surface area (Å²) < 4.78 is 13.0. The number of nitrogens with one attached hydrogen (secondary N) is 2. The minimum absolute atomic E-state index is 0.0377. The number of benzene rings is 1. The first-order valence-electron chi connectivity index (χ1n) is 6.51. The minimum atomic E-state index is -1.09. The van der Waals surface area contributed by atoms with Crippen molar-refractivity contribution in [3.05, 3.63) is 29.0 Å². The Labute approximate surface area is 137 Å². The molecule has 0 aliphatic carbocycles. The van der Waals surface area contributed by atoms with E-state index in [4.69, 9.17) is 11.6 Å². The number of anilines is 1. The number of halogens is 2. The van der Waals surface area contributed by atoms with Gasteiger partial charge in [-0.3, -0.25) is 9.59 Å². The first-order valence-corrected chi connectivity index (χ1v) is 8.28. The zero-order valence-corrected chi connectivity index (χ0v) is 13.9. The lowest BCUT2D eigenvalue weighted by atomic mass is 10.0. The van der Waals surface area contributed by atoms with Crippen LogP contribution in [-0.4, -0.2) is 41.1 Å². The van der Waals surface area contributed by atoms with Gasteiger partial charge in [-0.25, -0.2) is 4.39 Å². The van der Waals surface area contributed by atoms with Gasteiger partial charge in [-0.2, -0.15) is 11.8 Å². The van der Waals surface area contributed by atoms with Gasteiger partial charge in [0.1, 0.15) is 5.82 Å². The Balaban J connectivity index is 2.51. The minimum Gasteiger partial charge on any atom is -0.388 e. The van der Waals surface area contributed by atoms with Crippen molar-refractivity contribution in [3.8, 4) is 0 Å². The van der Waals surface area contributed by atoms with Crippen LogP contribution >= 0.6 is 23.4 Å². The molecule has 1 aromatic carbocycles. The molecular formula is C14H18ClFN2O3S. The molecule has 0 radical (unpaired) electrons. The molecule has 1 atom stereocenters. The Morgan fingerprint density at radius 3 is 2.68 bits per heavy atom. The molecule has 0 aliphatic heterocycles. The van der Waals surface area contributed by atoms with E-state index in [9.17, 15) is 19.1 Å². The number of hydrogen-bond donors (Lipinski definition) is 3. The van der Waals surface area contributed by atoms with Gasteiger partial charge in [-0.1, -0.05) is 11.6 Å². The number of carbonyl (C=O) groups excluding carboxylic acids is 2. The summed E-state index contributed by atoms with van der Waals surface area (Å²) in [4.78, 5) is 23.4. The zero-order chi connectivity index (χ0) is 16.8. The normalized spacial score (nSPS) is 13.3. The van der Waals surface area contributed by atoms with Crippen LogP contribution in [0.3, 0.4) is 0 Å². The van der Waals surface area contributed by atoms with Crippen molar-refractivity contribution < 1.29 is 19.1 Å². The summed E-state index contributed by atoms with van der Waals surface area (Å²) in [6.07, 6.45) is 2.40. The number of amides is 2. The van der Waals surface area contributed by atoms with E-state index in [1.165, 1.54) is 12.1 Å². The van der Waals surface area contributed by atoms with Crippen LogP contribution in [0.25, 0.3) is 0 Å². The maximum absolute atomic E-state index is 13.0. The molecule has 0 bridgehead atoms. The van der Waals surface area contributed by atoms with Gasteiger partial charge in [0.15, 0.2) is 0 Å². The van der Waals surface area contributed by atoms with Crippen molar-refractivity contribution in [1.29, 1.82) is 0 Å². The van der Waals surface area contributed by atoms with Crippen LogP contribution in [0.1, 0.15) is 13.3 Å². The third-order valence-electron chi connectivity index (χ3n) is 2.86. The largest absolute Gasteiger partial charge is 0.388 e. The second-order valence-electron chi connectivity index (χ2n) is 5.01. The molecule has 1 rings (SSSR count). The third-order valence-corrected chi connectivity index (χ3v) is 3.76. The molecule has 2 amide bonds. The van der Waals surface area contributed by atoms with E-state index in [-0.39, 0.29) is 17.3 Å². The lowest BCUT2D eigenvalue weighted by molar-refractivity contribution is -0.136. The molecule has 3 N–H and O–H groups in total. The molecule has 0 spiro atoms. The fourth-order valence-electron chi connectivity index (χ4n) is 1.52. The lowest BCUT2D eigenvalue weighted by Crippen LogP contribution is -2.44. The molecular weight excluding hydrogens is 331 g/mol. The smallest absolute Gasteiger partial charge is 0.313 e. The van der Waals surface area contributed by atoms with Crippen molar-refractivity contribution in [1.82, 2.24) is 5.32 Å². The predicted molar refractivity (Wildman–Crippen MR) is 86.7 cm³/mol. The van der Waals surface area contributed by atoms with Crippen LogP contribution in [-0.2, 0) is 9.59 Å². The van der Waals surface area contributed by atoms with Crippen LogP contribution in [0.15, 0.2) is 18.2 Å². The maximum Gasteiger partial charge on any atom is 0.313 e. The van der Waals surface area contributed by atoms with Gasteiger partial charge in [-0.15, -0.1) is 0 Å². The van der Waals surface area contributed by atoms with Gasteiger partial charge < -0.3 is 15.7 Å². The van der Waals surface area contributed by atoms with Crippen molar-refractivity contribution in [3.63, 3.8) is 0 Å². The van der Waals surface area contributed by atoms with Crippen molar-refractivity contribution in [2.45, 2.75) is 18.9 Å². The summed E-state index contributed by atoms with van der Waals surface area (Å²) >= 11 is 7.16. The van der Waals surface area contributed by atoms with E-state index in [1.807, 2.05) is 6.26 Å². The molecule has 0 heterocycles. The van der Waals surface area contributed by atoms with Gasteiger partial charge in [-0.05, 0) is 43.6 Å². The van der Waals surface area contributed by atoms with Crippen LogP contribution in [0.5, 0.6) is 0 Å². The van der Waals surface area contributed by atoms with Gasteiger partial charge in [0, 0.05) is 12.2 Å². The van der Waals surface area contributed by atoms with Gasteiger partial charge in [0.2, 0.25) is 0 Å². The summed E-state index contributed by atoms with van der Waals surface area (Å²) in [5.41, 5.74) is -0.876. The molecule has 0 fully saturated rings. The molecule has 0 unspecified atom stereocenters. The Morgan fingerprint density at radius 2 is 2.09 bits per heavy atom. The highest BCUT2D eigenvalue weighted by atomic mass is 35.5. The highest BCUT2D eigenvalue weighted by molar-refractivity contribution is 7.98. The SMILES string of the molecule is CSCC[C@@](C)(O)CNC(=O)C(=O)Nc1ccc(F)c(Cl)c1. The molecule has 22 heavy (non-hydrogen) atoms. The number of carbonyl (C=O) groups is 2. The van der Waals surface area contributed by atoms with Crippen LogP contribution in [0.2, 0.25) is 5.02 Å². The zero-order valence-electron chi connectivity index (χ0n) is 12.3. The van der Waals surface area contributed by atoms with E-state index in [2.05, 4.69) is 10.6 Å². The summed E-state index contributed by atoms with van der Waals surface area (Å²) in [6.45, 7) is 1.55. The van der Waals surface area contributed by atoms with Crippen molar-refractivity contribution in [2.75, 3.05) is 23.9 Å². The van der Waals surface area contributed by atoms with Crippen molar-refractivity contribution >= 4 is 40.9 Å². The molecule has 0 aromatic heterocycles. The molecule has 122 valence electrons. The Hall–Kier alpha value is -1.31. The van der Waals surface area contributed by atoms with Crippen molar-refractivity contribution in [2.24, 2.45) is 0 Å². The van der Waals surface area contributed by atoms with E-state index in [0.29, 0.717) is 6.42 Å². The van der Waals surface area contributed by atoms with E-state index in [0.717, 1.165) is 11.8 Å². The standard InChI is InChI=1S/C14H18ClFN2O3S/c1-14(21,5-6-22-2)8-17-12(19)13(20)18-9-3-4-11(16)10(15)7-9/h3-4,7,21H,5-6,8H2,1-2H3,(H,17,19)(H,18,20)/t14-/m1/s1. The topological polar surface area (TPSA) is 78.4 Å². The molecule has 0 saturated carbocycles. The van der Waals surface area contributed by atoms with E-state index in [1.54, 1.807) is 18.7 Å². The first kappa shape index (κ1) is 18.7. The highest BCUT2D eigenvalue weighted by Gasteiger charge is 2.23. The Bertz CT molecular complexity index is 555. The van der Waals surface area contributed by atoms with Crippen LogP contribution in [0.4, 0.5) is 10.1 Å². The van der Waals surface area contributed by atoms with E-state index >= 15 is 0 Å². The van der Waals surface area contributed by atoms with Gasteiger partial charge >= 0.3 is 11.8 Å².